The Morgan fingerprint density at radius 2 is 1.90 bits per heavy atom. The number of hydrogen-bond donors (Lipinski definition) is 2. The number of benzene rings is 1. The Kier molecular flexibility index (Phi) is 4.17. The molecule has 0 aliphatic rings. The Morgan fingerprint density at radius 3 is 2.45 bits per heavy atom. The van der Waals surface area contributed by atoms with Gasteiger partial charge in [-0.15, -0.1) is 11.3 Å². The summed E-state index contributed by atoms with van der Waals surface area (Å²) in [7, 11) is -3.56. The Hall–Kier alpha value is -1.37. The summed E-state index contributed by atoms with van der Waals surface area (Å²) >= 11 is 1.59. The Bertz CT molecular complexity index is 721. The molecule has 1 unspecified atom stereocenters. The molecule has 0 spiro atoms. The summed E-state index contributed by atoms with van der Waals surface area (Å²) in [5, 5.41) is 0. The van der Waals surface area contributed by atoms with Gasteiger partial charge in [-0.05, 0) is 50.6 Å². The van der Waals surface area contributed by atoms with Crippen LogP contribution in [0.25, 0.3) is 0 Å². The molecule has 0 bridgehead atoms. The molecule has 0 aliphatic heterocycles. The summed E-state index contributed by atoms with van der Waals surface area (Å²) in [6.07, 6.45) is 0. The minimum atomic E-state index is -3.56. The average molecular weight is 310 g/mol. The minimum absolute atomic E-state index is 0.195. The van der Waals surface area contributed by atoms with Crippen molar-refractivity contribution in [2.45, 2.75) is 31.7 Å². The molecular weight excluding hydrogens is 292 g/mol. The van der Waals surface area contributed by atoms with Gasteiger partial charge in [0.1, 0.15) is 0 Å². The van der Waals surface area contributed by atoms with Crippen molar-refractivity contribution in [3.63, 3.8) is 0 Å². The minimum Gasteiger partial charge on any atom is -0.398 e. The average Bonchev–Trinajstić information content (AvgIpc) is 2.79. The highest BCUT2D eigenvalue weighted by molar-refractivity contribution is 7.89. The Labute approximate surface area is 123 Å². The third kappa shape index (κ3) is 3.20. The number of rotatable bonds is 4. The molecule has 1 atom stereocenters. The molecule has 0 aliphatic carbocycles. The summed E-state index contributed by atoms with van der Waals surface area (Å²) in [6.45, 7) is 5.67. The molecule has 1 heterocycles. The molecule has 108 valence electrons. The van der Waals surface area contributed by atoms with E-state index in [2.05, 4.69) is 4.72 Å². The summed E-state index contributed by atoms with van der Waals surface area (Å²) in [5.41, 5.74) is 7.12. The zero-order valence-electron chi connectivity index (χ0n) is 11.7. The first kappa shape index (κ1) is 15.0. The van der Waals surface area contributed by atoms with Crippen LogP contribution in [0, 0.1) is 13.8 Å². The summed E-state index contributed by atoms with van der Waals surface area (Å²) in [6, 6.07) is 8.43. The van der Waals surface area contributed by atoms with Crippen LogP contribution in [0.15, 0.2) is 35.2 Å². The molecule has 1 aromatic heterocycles. The zero-order chi connectivity index (χ0) is 14.9. The predicted molar refractivity (Wildman–Crippen MR) is 83.4 cm³/mol. The van der Waals surface area contributed by atoms with Gasteiger partial charge in [0, 0.05) is 15.4 Å². The van der Waals surface area contributed by atoms with Crippen LogP contribution in [0.5, 0.6) is 0 Å². The van der Waals surface area contributed by atoms with Crippen molar-refractivity contribution in [2.75, 3.05) is 5.73 Å². The number of hydrogen-bond acceptors (Lipinski definition) is 4. The van der Waals surface area contributed by atoms with Crippen molar-refractivity contribution in [1.29, 1.82) is 0 Å². The van der Waals surface area contributed by atoms with Crippen LogP contribution in [0.1, 0.15) is 28.3 Å². The lowest BCUT2D eigenvalue weighted by molar-refractivity contribution is 0.568. The third-order valence-electron chi connectivity index (χ3n) is 3.08. The second-order valence-corrected chi connectivity index (χ2v) is 7.84. The maximum Gasteiger partial charge on any atom is 0.241 e. The third-order valence-corrected chi connectivity index (χ3v) is 5.80. The van der Waals surface area contributed by atoms with E-state index in [1.54, 1.807) is 23.5 Å². The summed E-state index contributed by atoms with van der Waals surface area (Å²) < 4.78 is 27.3. The first-order valence-electron chi connectivity index (χ1n) is 6.24. The van der Waals surface area contributed by atoms with Gasteiger partial charge in [-0.1, -0.05) is 6.07 Å². The first-order chi connectivity index (χ1) is 9.29. The predicted octanol–water partition coefficient (Wildman–Crippen LogP) is 2.99. The van der Waals surface area contributed by atoms with E-state index in [0.717, 1.165) is 15.3 Å². The van der Waals surface area contributed by atoms with E-state index >= 15 is 0 Å². The zero-order valence-corrected chi connectivity index (χ0v) is 13.3. The second kappa shape index (κ2) is 5.55. The lowest BCUT2D eigenvalue weighted by Gasteiger charge is -2.13. The molecule has 2 aromatic rings. The highest BCUT2D eigenvalue weighted by Crippen LogP contribution is 2.25. The van der Waals surface area contributed by atoms with E-state index in [9.17, 15) is 8.42 Å². The second-order valence-electron chi connectivity index (χ2n) is 4.81. The molecule has 1 aromatic carbocycles. The van der Waals surface area contributed by atoms with Crippen LogP contribution in [0.2, 0.25) is 0 Å². The van der Waals surface area contributed by atoms with Gasteiger partial charge in [0.2, 0.25) is 10.0 Å². The number of thiophene rings is 1. The van der Waals surface area contributed by atoms with Crippen LogP contribution in [-0.4, -0.2) is 8.42 Å². The molecular formula is C14H18N2O2S2. The lowest BCUT2D eigenvalue weighted by atomic mass is 10.2. The van der Waals surface area contributed by atoms with Crippen molar-refractivity contribution in [3.8, 4) is 0 Å². The van der Waals surface area contributed by atoms with Gasteiger partial charge in [0.15, 0.2) is 0 Å². The quantitative estimate of drug-likeness (QED) is 0.853. The van der Waals surface area contributed by atoms with Gasteiger partial charge < -0.3 is 5.73 Å². The van der Waals surface area contributed by atoms with Crippen molar-refractivity contribution < 1.29 is 8.42 Å². The molecule has 20 heavy (non-hydrogen) atoms. The summed E-state index contributed by atoms with van der Waals surface area (Å²) in [4.78, 5) is 2.34. The van der Waals surface area contributed by atoms with Gasteiger partial charge in [-0.2, -0.15) is 0 Å². The van der Waals surface area contributed by atoms with Crippen LogP contribution in [-0.2, 0) is 10.0 Å². The fourth-order valence-electron chi connectivity index (χ4n) is 1.83. The highest BCUT2D eigenvalue weighted by atomic mass is 32.2. The largest absolute Gasteiger partial charge is 0.398 e. The van der Waals surface area contributed by atoms with E-state index in [1.165, 1.54) is 6.07 Å². The molecule has 0 saturated heterocycles. The van der Waals surface area contributed by atoms with E-state index in [1.807, 2.05) is 32.9 Å². The fraction of sp³-hybridized carbons (Fsp3) is 0.286. The van der Waals surface area contributed by atoms with Crippen molar-refractivity contribution >= 4 is 27.0 Å². The molecule has 0 fully saturated rings. The first-order valence-corrected chi connectivity index (χ1v) is 8.54. The molecule has 0 amide bonds. The van der Waals surface area contributed by atoms with E-state index in [0.29, 0.717) is 5.69 Å². The van der Waals surface area contributed by atoms with Gasteiger partial charge >= 0.3 is 0 Å². The number of nitrogens with one attached hydrogen (secondary N) is 1. The number of sulfonamides is 1. The number of anilines is 1. The number of nitrogens with two attached hydrogens (primary N) is 1. The van der Waals surface area contributed by atoms with Gasteiger partial charge in [-0.25, -0.2) is 13.1 Å². The molecule has 3 N–H and O–H groups in total. The normalized spacial score (nSPS) is 13.3. The maximum atomic E-state index is 12.3. The van der Waals surface area contributed by atoms with Crippen LogP contribution in [0.4, 0.5) is 5.69 Å². The van der Waals surface area contributed by atoms with Crippen molar-refractivity contribution in [1.82, 2.24) is 4.72 Å². The van der Waals surface area contributed by atoms with Gasteiger partial charge in [-0.3, -0.25) is 0 Å². The molecule has 0 saturated carbocycles. The fourth-order valence-corrected chi connectivity index (χ4v) is 4.04. The van der Waals surface area contributed by atoms with Gasteiger partial charge in [0.25, 0.3) is 0 Å². The Balaban J connectivity index is 2.24. The van der Waals surface area contributed by atoms with E-state index in [-0.39, 0.29) is 10.9 Å². The maximum absolute atomic E-state index is 12.3. The lowest BCUT2D eigenvalue weighted by Crippen LogP contribution is -2.26. The number of nitrogen functional groups attached to an aromatic ring is 1. The van der Waals surface area contributed by atoms with Crippen LogP contribution >= 0.6 is 11.3 Å². The monoisotopic (exact) mass is 310 g/mol. The van der Waals surface area contributed by atoms with Crippen molar-refractivity contribution in [2.24, 2.45) is 0 Å². The summed E-state index contributed by atoms with van der Waals surface area (Å²) in [5.74, 6) is 0. The SMILES string of the molecule is Cc1ccc(C(C)NS(=O)(=O)c2ccc(C)c(N)c2)s1. The van der Waals surface area contributed by atoms with Crippen LogP contribution < -0.4 is 10.5 Å². The molecule has 4 nitrogen and oxygen atoms in total. The highest BCUT2D eigenvalue weighted by Gasteiger charge is 2.19. The van der Waals surface area contributed by atoms with E-state index < -0.39 is 10.0 Å². The van der Waals surface area contributed by atoms with E-state index in [4.69, 9.17) is 5.73 Å². The Morgan fingerprint density at radius 1 is 1.20 bits per heavy atom. The van der Waals surface area contributed by atoms with Crippen molar-refractivity contribution in [3.05, 3.63) is 45.6 Å². The molecule has 2 rings (SSSR count). The van der Waals surface area contributed by atoms with Crippen LogP contribution in [0.3, 0.4) is 0 Å². The number of aryl methyl sites for hydroxylation is 2. The molecule has 6 heteroatoms. The smallest absolute Gasteiger partial charge is 0.241 e. The topological polar surface area (TPSA) is 72.2 Å². The standard InChI is InChI=1S/C14H18N2O2S2/c1-9-4-6-12(8-13(9)15)20(17,18)16-11(3)14-7-5-10(2)19-14/h4-8,11,16H,15H2,1-3H3. The van der Waals surface area contributed by atoms with Gasteiger partial charge in [0.05, 0.1) is 10.9 Å². The molecule has 0 radical (unpaired) electrons.